The number of hydrogen-bond donors (Lipinski definition) is 2. The van der Waals surface area contributed by atoms with Gasteiger partial charge in [0.2, 0.25) is 0 Å². The Morgan fingerprint density at radius 2 is 2.24 bits per heavy atom. The normalized spacial score (nSPS) is 28.8. The van der Waals surface area contributed by atoms with Crippen molar-refractivity contribution in [2.24, 2.45) is 5.73 Å². The first-order valence-corrected chi connectivity index (χ1v) is 7.95. The van der Waals surface area contributed by atoms with Crippen molar-refractivity contribution in [2.45, 2.75) is 43.4 Å². The van der Waals surface area contributed by atoms with Gasteiger partial charge in [-0.25, -0.2) is 8.42 Å². The summed E-state index contributed by atoms with van der Waals surface area (Å²) in [6.45, 7) is 2.86. The highest BCUT2D eigenvalue weighted by Crippen LogP contribution is 2.34. The van der Waals surface area contributed by atoms with Crippen LogP contribution in [0, 0.1) is 11.8 Å². The molecular formula is C12H22N2O2S. The minimum Gasteiger partial charge on any atom is -0.329 e. The van der Waals surface area contributed by atoms with Crippen LogP contribution in [0.2, 0.25) is 0 Å². The molecule has 1 aliphatic carbocycles. The van der Waals surface area contributed by atoms with E-state index >= 15 is 0 Å². The first-order chi connectivity index (χ1) is 7.96. The second kappa shape index (κ2) is 5.85. The van der Waals surface area contributed by atoms with Crippen LogP contribution in [0.15, 0.2) is 0 Å². The predicted octanol–water partition coefficient (Wildman–Crippen LogP) is 0.284. The number of rotatable bonds is 5. The van der Waals surface area contributed by atoms with Crippen LogP contribution in [0.25, 0.3) is 0 Å². The molecule has 1 saturated carbocycles. The van der Waals surface area contributed by atoms with Gasteiger partial charge in [-0.1, -0.05) is 6.42 Å². The van der Waals surface area contributed by atoms with Crippen LogP contribution in [-0.4, -0.2) is 38.6 Å². The highest BCUT2D eigenvalue weighted by Gasteiger charge is 2.46. The van der Waals surface area contributed by atoms with Gasteiger partial charge in [-0.2, -0.15) is 0 Å². The van der Waals surface area contributed by atoms with E-state index in [9.17, 15) is 8.42 Å². The summed E-state index contributed by atoms with van der Waals surface area (Å²) in [5.41, 5.74) is 5.37. The molecule has 0 heterocycles. The summed E-state index contributed by atoms with van der Waals surface area (Å²) < 4.78 is 23.5. The molecule has 0 amide bonds. The molecule has 0 radical (unpaired) electrons. The fraction of sp³-hybridized carbons (Fsp3) is 0.833. The molecule has 5 heteroatoms. The molecule has 0 bridgehead atoms. The summed E-state index contributed by atoms with van der Waals surface area (Å²) in [4.78, 5) is 0. The van der Waals surface area contributed by atoms with E-state index in [0.29, 0.717) is 19.5 Å². The van der Waals surface area contributed by atoms with Crippen molar-refractivity contribution in [3.8, 4) is 11.8 Å². The monoisotopic (exact) mass is 258 g/mol. The van der Waals surface area contributed by atoms with E-state index < -0.39 is 15.4 Å². The molecule has 0 aromatic rings. The summed E-state index contributed by atoms with van der Waals surface area (Å²) in [7, 11) is -3.04. The number of nitrogens with two attached hydrogens (primary N) is 1. The predicted molar refractivity (Wildman–Crippen MR) is 70.3 cm³/mol. The number of nitrogens with one attached hydrogen (secondary N) is 1. The van der Waals surface area contributed by atoms with E-state index in [0.717, 1.165) is 19.3 Å². The summed E-state index contributed by atoms with van der Waals surface area (Å²) >= 11 is 0. The first-order valence-electron chi connectivity index (χ1n) is 6.00. The fourth-order valence-electron chi connectivity index (χ4n) is 2.67. The van der Waals surface area contributed by atoms with Crippen LogP contribution < -0.4 is 11.1 Å². The summed E-state index contributed by atoms with van der Waals surface area (Å²) in [6, 6.07) is 0. The van der Waals surface area contributed by atoms with Gasteiger partial charge in [-0.15, -0.1) is 11.8 Å². The van der Waals surface area contributed by atoms with Crippen LogP contribution in [0.4, 0.5) is 0 Å². The molecule has 17 heavy (non-hydrogen) atoms. The molecule has 2 unspecified atom stereocenters. The average molecular weight is 258 g/mol. The van der Waals surface area contributed by atoms with E-state index in [1.807, 2.05) is 0 Å². The molecule has 0 saturated heterocycles. The van der Waals surface area contributed by atoms with Crippen LogP contribution in [0.3, 0.4) is 0 Å². The van der Waals surface area contributed by atoms with Gasteiger partial charge in [-0.3, -0.25) is 0 Å². The van der Waals surface area contributed by atoms with E-state index in [1.165, 1.54) is 6.26 Å². The second-order valence-electron chi connectivity index (χ2n) is 4.67. The van der Waals surface area contributed by atoms with Gasteiger partial charge in [0.05, 0.1) is 5.25 Å². The third-order valence-corrected chi connectivity index (χ3v) is 5.21. The zero-order chi connectivity index (χ0) is 12.9. The van der Waals surface area contributed by atoms with Gasteiger partial charge >= 0.3 is 0 Å². The summed E-state index contributed by atoms with van der Waals surface area (Å²) in [5, 5.41) is 2.98. The topological polar surface area (TPSA) is 72.2 Å². The van der Waals surface area contributed by atoms with Crippen molar-refractivity contribution in [1.82, 2.24) is 5.32 Å². The largest absolute Gasteiger partial charge is 0.329 e. The summed E-state index contributed by atoms with van der Waals surface area (Å²) in [5.74, 6) is 5.79. The van der Waals surface area contributed by atoms with Crippen molar-refractivity contribution in [3.05, 3.63) is 0 Å². The van der Waals surface area contributed by atoms with E-state index in [1.54, 1.807) is 6.92 Å². The molecule has 0 aromatic heterocycles. The van der Waals surface area contributed by atoms with Gasteiger partial charge in [0.25, 0.3) is 0 Å². The highest BCUT2D eigenvalue weighted by atomic mass is 32.2. The Hall–Kier alpha value is -0.570. The van der Waals surface area contributed by atoms with Crippen LogP contribution in [0.1, 0.15) is 32.6 Å². The lowest BCUT2D eigenvalue weighted by atomic mass is 9.97. The lowest BCUT2D eigenvalue weighted by Crippen LogP contribution is -2.58. The zero-order valence-electron chi connectivity index (χ0n) is 10.6. The van der Waals surface area contributed by atoms with E-state index in [-0.39, 0.29) is 5.25 Å². The Morgan fingerprint density at radius 3 is 2.76 bits per heavy atom. The molecule has 0 aromatic carbocycles. The smallest absolute Gasteiger partial charge is 0.152 e. The third kappa shape index (κ3) is 3.44. The Morgan fingerprint density at radius 1 is 1.53 bits per heavy atom. The Balaban J connectivity index is 2.74. The maximum absolute atomic E-state index is 11.8. The van der Waals surface area contributed by atoms with Gasteiger partial charge < -0.3 is 11.1 Å². The van der Waals surface area contributed by atoms with Crippen LogP contribution >= 0.6 is 0 Å². The minimum absolute atomic E-state index is 0.352. The molecule has 1 aliphatic rings. The quantitative estimate of drug-likeness (QED) is 0.549. The van der Waals surface area contributed by atoms with Crippen molar-refractivity contribution >= 4 is 9.84 Å². The molecule has 0 aliphatic heterocycles. The Labute approximate surface area is 104 Å². The SMILES string of the molecule is CC#CCCNC1(CN)CCCC1S(C)(=O)=O. The fourth-order valence-corrected chi connectivity index (χ4v) is 4.38. The van der Waals surface area contributed by atoms with E-state index in [4.69, 9.17) is 5.73 Å². The molecule has 0 spiro atoms. The average Bonchev–Trinajstić information content (AvgIpc) is 2.69. The minimum atomic E-state index is -3.04. The zero-order valence-corrected chi connectivity index (χ0v) is 11.4. The molecule has 1 rings (SSSR count). The molecule has 2 atom stereocenters. The second-order valence-corrected chi connectivity index (χ2v) is 6.90. The number of sulfone groups is 1. The van der Waals surface area contributed by atoms with Crippen molar-refractivity contribution < 1.29 is 8.42 Å². The molecular weight excluding hydrogens is 236 g/mol. The molecule has 4 nitrogen and oxygen atoms in total. The maximum atomic E-state index is 11.8. The highest BCUT2D eigenvalue weighted by molar-refractivity contribution is 7.91. The van der Waals surface area contributed by atoms with Gasteiger partial charge in [0.15, 0.2) is 9.84 Å². The van der Waals surface area contributed by atoms with Gasteiger partial charge in [-0.05, 0) is 19.8 Å². The Bertz CT molecular complexity index is 408. The lowest BCUT2D eigenvalue weighted by Gasteiger charge is -2.34. The third-order valence-electron chi connectivity index (χ3n) is 3.49. The van der Waals surface area contributed by atoms with Gasteiger partial charge in [0, 0.05) is 31.3 Å². The van der Waals surface area contributed by atoms with Crippen LogP contribution in [-0.2, 0) is 9.84 Å². The van der Waals surface area contributed by atoms with Crippen molar-refractivity contribution in [2.75, 3.05) is 19.3 Å². The molecule has 3 N–H and O–H groups in total. The maximum Gasteiger partial charge on any atom is 0.152 e. The van der Waals surface area contributed by atoms with Crippen molar-refractivity contribution in [1.29, 1.82) is 0 Å². The molecule has 1 fully saturated rings. The standard InChI is InChI=1S/C12H22N2O2S/c1-3-4-5-9-14-12(10-13)8-6-7-11(12)17(2,15)16/h11,14H,5-10,13H2,1-2H3. The lowest BCUT2D eigenvalue weighted by molar-refractivity contribution is 0.345. The first kappa shape index (κ1) is 14.5. The van der Waals surface area contributed by atoms with Crippen molar-refractivity contribution in [3.63, 3.8) is 0 Å². The summed E-state index contributed by atoms with van der Waals surface area (Å²) in [6.07, 6.45) is 4.50. The van der Waals surface area contributed by atoms with Gasteiger partial charge in [0.1, 0.15) is 0 Å². The Kier molecular flexibility index (Phi) is 4.99. The molecule has 98 valence electrons. The van der Waals surface area contributed by atoms with E-state index in [2.05, 4.69) is 17.2 Å². The van der Waals surface area contributed by atoms with Crippen LogP contribution in [0.5, 0.6) is 0 Å². The number of hydrogen-bond acceptors (Lipinski definition) is 4.